The molecule has 4 nitrogen and oxygen atoms in total. The molecular formula is C9H18ClNO3S. The molecule has 0 aromatic heterocycles. The minimum absolute atomic E-state index is 0.0215. The number of hydrogen-bond donors (Lipinski definition) is 1. The number of rotatable bonds is 4. The molecule has 1 fully saturated rings. The molecule has 0 aliphatic carbocycles. The molecule has 1 aliphatic heterocycles. The molecular weight excluding hydrogens is 238 g/mol. The molecule has 1 N–H and O–H groups in total. The molecule has 1 unspecified atom stereocenters. The fraction of sp³-hybridized carbons (Fsp3) is 1.00. The molecule has 90 valence electrons. The van der Waals surface area contributed by atoms with E-state index in [0.29, 0.717) is 13.0 Å². The molecule has 0 radical (unpaired) electrons. The molecule has 1 aliphatic rings. The Kier molecular flexibility index (Phi) is 4.40. The number of nitrogens with one attached hydrogen (secondary N) is 1. The van der Waals surface area contributed by atoms with Gasteiger partial charge in [-0.15, -0.1) is 11.6 Å². The van der Waals surface area contributed by atoms with Crippen molar-refractivity contribution in [3.8, 4) is 0 Å². The molecule has 0 bridgehead atoms. The number of hydrogen-bond acceptors (Lipinski definition) is 3. The van der Waals surface area contributed by atoms with Crippen molar-refractivity contribution in [2.45, 2.75) is 38.3 Å². The first-order valence-corrected chi connectivity index (χ1v) is 7.23. The highest BCUT2D eigenvalue weighted by Gasteiger charge is 2.30. The normalized spacial score (nSPS) is 26.5. The van der Waals surface area contributed by atoms with Crippen molar-refractivity contribution in [3.63, 3.8) is 0 Å². The Bertz CT molecular complexity index is 302. The van der Waals surface area contributed by atoms with Crippen LogP contribution in [0.2, 0.25) is 0 Å². The zero-order valence-electron chi connectivity index (χ0n) is 9.12. The van der Waals surface area contributed by atoms with Gasteiger partial charge in [0.1, 0.15) is 0 Å². The van der Waals surface area contributed by atoms with Crippen LogP contribution >= 0.6 is 11.6 Å². The topological polar surface area (TPSA) is 55.4 Å². The summed E-state index contributed by atoms with van der Waals surface area (Å²) in [5.41, 5.74) is -0.244. The van der Waals surface area contributed by atoms with Gasteiger partial charge in [0.05, 0.1) is 11.4 Å². The van der Waals surface area contributed by atoms with Gasteiger partial charge in [-0.25, -0.2) is 13.1 Å². The lowest BCUT2D eigenvalue weighted by Crippen LogP contribution is -2.46. The van der Waals surface area contributed by atoms with E-state index in [2.05, 4.69) is 4.72 Å². The van der Waals surface area contributed by atoms with Gasteiger partial charge in [-0.2, -0.15) is 0 Å². The van der Waals surface area contributed by atoms with Gasteiger partial charge in [0.2, 0.25) is 10.0 Å². The quantitative estimate of drug-likeness (QED) is 0.766. The predicted octanol–water partition coefficient (Wildman–Crippen LogP) is 1.10. The van der Waals surface area contributed by atoms with Crippen LogP contribution in [-0.4, -0.2) is 38.3 Å². The summed E-state index contributed by atoms with van der Waals surface area (Å²) in [5, 5.41) is 0. The molecule has 0 spiro atoms. The third-order valence-electron chi connectivity index (χ3n) is 2.39. The monoisotopic (exact) mass is 255 g/mol. The minimum atomic E-state index is -3.22. The van der Waals surface area contributed by atoms with E-state index < -0.39 is 10.0 Å². The summed E-state index contributed by atoms with van der Waals surface area (Å²) in [6.45, 7) is 4.53. The van der Waals surface area contributed by atoms with Crippen molar-refractivity contribution in [3.05, 3.63) is 0 Å². The molecule has 1 saturated heterocycles. The standard InChI is InChI=1S/C9H18ClNO3S/c1-9(2)7-8(3-5-14-9)11-15(12,13)6-4-10/h8,11H,3-7H2,1-2H3. The fourth-order valence-electron chi connectivity index (χ4n) is 1.75. The Morgan fingerprint density at radius 3 is 2.73 bits per heavy atom. The Balaban J connectivity index is 2.52. The van der Waals surface area contributed by atoms with Crippen LogP contribution in [0, 0.1) is 0 Å². The van der Waals surface area contributed by atoms with Crippen LogP contribution in [0.3, 0.4) is 0 Å². The Labute approximate surface area is 96.4 Å². The molecule has 1 heterocycles. The van der Waals surface area contributed by atoms with E-state index in [-0.39, 0.29) is 23.3 Å². The van der Waals surface area contributed by atoms with Gasteiger partial charge < -0.3 is 4.74 Å². The van der Waals surface area contributed by atoms with Crippen LogP contribution in [0.15, 0.2) is 0 Å². The summed E-state index contributed by atoms with van der Waals surface area (Å²) < 4.78 is 31.1. The zero-order chi connectivity index (χ0) is 11.5. The summed E-state index contributed by atoms with van der Waals surface area (Å²) >= 11 is 5.42. The largest absolute Gasteiger partial charge is 0.375 e. The van der Waals surface area contributed by atoms with E-state index in [4.69, 9.17) is 16.3 Å². The van der Waals surface area contributed by atoms with E-state index in [0.717, 1.165) is 6.42 Å². The van der Waals surface area contributed by atoms with Crippen molar-refractivity contribution >= 4 is 21.6 Å². The number of sulfonamides is 1. The van der Waals surface area contributed by atoms with Crippen LogP contribution in [0.1, 0.15) is 26.7 Å². The average molecular weight is 256 g/mol. The molecule has 0 aromatic carbocycles. The minimum Gasteiger partial charge on any atom is -0.375 e. The van der Waals surface area contributed by atoms with Crippen LogP contribution < -0.4 is 4.72 Å². The number of alkyl halides is 1. The van der Waals surface area contributed by atoms with Crippen molar-refractivity contribution in [2.75, 3.05) is 18.2 Å². The lowest BCUT2D eigenvalue weighted by Gasteiger charge is -2.35. The molecule has 0 saturated carbocycles. The van der Waals surface area contributed by atoms with Crippen molar-refractivity contribution in [2.24, 2.45) is 0 Å². The molecule has 0 aromatic rings. The maximum Gasteiger partial charge on any atom is 0.213 e. The second-order valence-corrected chi connectivity index (χ2v) is 6.67. The second kappa shape index (κ2) is 4.99. The van der Waals surface area contributed by atoms with Gasteiger partial charge >= 0.3 is 0 Å². The van der Waals surface area contributed by atoms with Crippen molar-refractivity contribution in [1.29, 1.82) is 0 Å². The van der Waals surface area contributed by atoms with E-state index in [1.807, 2.05) is 13.8 Å². The average Bonchev–Trinajstić information content (AvgIpc) is 1.99. The van der Waals surface area contributed by atoms with Gasteiger partial charge in [-0.3, -0.25) is 0 Å². The summed E-state index contributed by atoms with van der Waals surface area (Å²) in [7, 11) is -3.22. The lowest BCUT2D eigenvalue weighted by atomic mass is 9.95. The second-order valence-electron chi connectivity index (χ2n) is 4.42. The van der Waals surface area contributed by atoms with E-state index in [9.17, 15) is 8.42 Å². The van der Waals surface area contributed by atoms with Gasteiger partial charge in [-0.05, 0) is 26.7 Å². The first-order valence-electron chi connectivity index (χ1n) is 5.04. The fourth-order valence-corrected chi connectivity index (χ4v) is 3.39. The number of halogens is 1. The highest BCUT2D eigenvalue weighted by Crippen LogP contribution is 2.24. The van der Waals surface area contributed by atoms with Crippen LogP contribution in [0.5, 0.6) is 0 Å². The van der Waals surface area contributed by atoms with Crippen molar-refractivity contribution in [1.82, 2.24) is 4.72 Å². The third kappa shape index (κ3) is 4.68. The van der Waals surface area contributed by atoms with Crippen molar-refractivity contribution < 1.29 is 13.2 Å². The first kappa shape index (κ1) is 13.2. The van der Waals surface area contributed by atoms with Gasteiger partial charge in [-0.1, -0.05) is 0 Å². The lowest BCUT2D eigenvalue weighted by molar-refractivity contribution is -0.0599. The summed E-state index contributed by atoms with van der Waals surface area (Å²) in [4.78, 5) is 0. The maximum atomic E-state index is 11.5. The van der Waals surface area contributed by atoms with Crippen LogP contribution in [0.25, 0.3) is 0 Å². The number of ether oxygens (including phenoxy) is 1. The Morgan fingerprint density at radius 1 is 1.53 bits per heavy atom. The highest BCUT2D eigenvalue weighted by molar-refractivity contribution is 7.89. The van der Waals surface area contributed by atoms with E-state index >= 15 is 0 Å². The Morgan fingerprint density at radius 2 is 2.20 bits per heavy atom. The van der Waals surface area contributed by atoms with Crippen LogP contribution in [-0.2, 0) is 14.8 Å². The SMILES string of the molecule is CC1(C)CC(NS(=O)(=O)CCCl)CCO1. The predicted molar refractivity (Wildman–Crippen MR) is 60.7 cm³/mol. The summed E-state index contributed by atoms with van der Waals surface area (Å²) in [6.07, 6.45) is 1.43. The molecule has 6 heteroatoms. The summed E-state index contributed by atoms with van der Waals surface area (Å²) in [6, 6.07) is -0.0260. The molecule has 0 amide bonds. The zero-order valence-corrected chi connectivity index (χ0v) is 10.7. The molecule has 15 heavy (non-hydrogen) atoms. The van der Waals surface area contributed by atoms with E-state index in [1.54, 1.807) is 0 Å². The molecule has 1 rings (SSSR count). The first-order chi connectivity index (χ1) is 6.85. The van der Waals surface area contributed by atoms with Gasteiger partial charge in [0.25, 0.3) is 0 Å². The van der Waals surface area contributed by atoms with Crippen LogP contribution in [0.4, 0.5) is 0 Å². The smallest absolute Gasteiger partial charge is 0.213 e. The van der Waals surface area contributed by atoms with Gasteiger partial charge in [0, 0.05) is 18.5 Å². The Hall–Kier alpha value is 0.160. The third-order valence-corrected chi connectivity index (χ3v) is 4.24. The maximum absolute atomic E-state index is 11.5. The van der Waals surface area contributed by atoms with E-state index in [1.165, 1.54) is 0 Å². The highest BCUT2D eigenvalue weighted by atomic mass is 35.5. The molecule has 1 atom stereocenters. The van der Waals surface area contributed by atoms with Gasteiger partial charge in [0.15, 0.2) is 0 Å². The summed E-state index contributed by atoms with van der Waals surface area (Å²) in [5.74, 6) is 0.105.